The minimum Gasteiger partial charge on any atom is -0.483 e. The van der Waals surface area contributed by atoms with Gasteiger partial charge in [0.15, 0.2) is 16.9 Å². The van der Waals surface area contributed by atoms with E-state index in [0.717, 1.165) is 22.1 Å². The number of nitrogens with zero attached hydrogens (tertiary/aromatic N) is 4. The number of ether oxygens (including phenoxy) is 2. The lowest BCUT2D eigenvalue weighted by Gasteiger charge is -2.14. The van der Waals surface area contributed by atoms with Crippen LogP contribution in [0.25, 0.3) is 4.96 Å². The van der Waals surface area contributed by atoms with Gasteiger partial charge in [0.2, 0.25) is 4.96 Å². The van der Waals surface area contributed by atoms with E-state index in [-0.39, 0.29) is 6.10 Å². The summed E-state index contributed by atoms with van der Waals surface area (Å²) in [5.41, 5.74) is 0. The maximum atomic E-state index is 6.00. The molecule has 0 aliphatic carbocycles. The summed E-state index contributed by atoms with van der Waals surface area (Å²) in [6.07, 6.45) is 0.744. The van der Waals surface area contributed by atoms with Crippen LogP contribution >= 0.6 is 11.3 Å². The summed E-state index contributed by atoms with van der Waals surface area (Å²) < 4.78 is 12.8. The molecule has 21 heavy (non-hydrogen) atoms. The average Bonchev–Trinajstić information content (AvgIpc) is 3.08. The van der Waals surface area contributed by atoms with Crippen molar-refractivity contribution >= 4 is 16.3 Å². The van der Waals surface area contributed by atoms with Crippen LogP contribution in [0.4, 0.5) is 0 Å². The van der Waals surface area contributed by atoms with E-state index in [2.05, 4.69) is 22.2 Å². The molecule has 1 aromatic carbocycles. The minimum absolute atomic E-state index is 0.0884. The molecular formula is C14H16N4O2S. The molecule has 0 spiro atoms. The van der Waals surface area contributed by atoms with Gasteiger partial charge in [-0.3, -0.25) is 0 Å². The molecule has 0 saturated heterocycles. The van der Waals surface area contributed by atoms with Gasteiger partial charge in [0, 0.05) is 7.11 Å². The van der Waals surface area contributed by atoms with Gasteiger partial charge in [0.25, 0.3) is 0 Å². The highest BCUT2D eigenvalue weighted by Gasteiger charge is 2.19. The molecule has 3 rings (SSSR count). The zero-order chi connectivity index (χ0) is 14.7. The molecule has 2 heterocycles. The summed E-state index contributed by atoms with van der Waals surface area (Å²) in [5.74, 6) is 1.54. The first-order valence-corrected chi connectivity index (χ1v) is 7.55. The number of benzene rings is 1. The van der Waals surface area contributed by atoms with E-state index >= 15 is 0 Å². The largest absolute Gasteiger partial charge is 0.483 e. The molecule has 0 unspecified atom stereocenters. The molecule has 2 aromatic heterocycles. The van der Waals surface area contributed by atoms with E-state index in [4.69, 9.17) is 9.47 Å². The summed E-state index contributed by atoms with van der Waals surface area (Å²) in [4.78, 5) is 0.757. The second kappa shape index (κ2) is 6.19. The van der Waals surface area contributed by atoms with Gasteiger partial charge in [-0.05, 0) is 18.6 Å². The van der Waals surface area contributed by atoms with Crippen molar-refractivity contribution in [1.82, 2.24) is 19.8 Å². The molecule has 0 amide bonds. The van der Waals surface area contributed by atoms with Gasteiger partial charge in [-0.2, -0.15) is 9.61 Å². The summed E-state index contributed by atoms with van der Waals surface area (Å²) in [6.45, 7) is 2.47. The SMILES string of the molecule is CC[C@@H](Oc1ccccc1)c1nn2c(COC)nnc2s1. The van der Waals surface area contributed by atoms with E-state index in [1.165, 1.54) is 11.3 Å². The molecule has 0 fully saturated rings. The standard InChI is InChI=1S/C14H16N4O2S/c1-3-11(20-10-7-5-4-6-8-10)13-17-18-12(9-19-2)15-16-14(18)21-13/h4-8,11H,3,9H2,1-2H3/t11-/m1/s1. The number of fused-ring (bicyclic) bond motifs is 1. The molecular weight excluding hydrogens is 288 g/mol. The molecule has 0 aliphatic rings. The second-order valence-electron chi connectivity index (χ2n) is 4.51. The lowest BCUT2D eigenvalue weighted by Crippen LogP contribution is -2.07. The molecule has 1 atom stereocenters. The highest BCUT2D eigenvalue weighted by Crippen LogP contribution is 2.28. The maximum absolute atomic E-state index is 6.00. The quantitative estimate of drug-likeness (QED) is 0.701. The third-order valence-corrected chi connectivity index (χ3v) is 4.00. The Bertz CT molecular complexity index is 710. The van der Waals surface area contributed by atoms with Crippen LogP contribution in [-0.2, 0) is 11.3 Å². The van der Waals surface area contributed by atoms with Crippen molar-refractivity contribution in [3.63, 3.8) is 0 Å². The molecule has 0 aliphatic heterocycles. The minimum atomic E-state index is -0.0884. The van der Waals surface area contributed by atoms with E-state index < -0.39 is 0 Å². The van der Waals surface area contributed by atoms with Crippen LogP contribution in [0.1, 0.15) is 30.3 Å². The van der Waals surface area contributed by atoms with E-state index in [9.17, 15) is 0 Å². The van der Waals surface area contributed by atoms with Crippen molar-refractivity contribution in [2.45, 2.75) is 26.1 Å². The van der Waals surface area contributed by atoms with Crippen LogP contribution < -0.4 is 4.74 Å². The second-order valence-corrected chi connectivity index (χ2v) is 5.50. The van der Waals surface area contributed by atoms with Crippen LogP contribution in [-0.4, -0.2) is 26.9 Å². The molecule has 0 N–H and O–H groups in total. The number of rotatable bonds is 6. The third kappa shape index (κ3) is 2.88. The Morgan fingerprint density at radius 1 is 1.24 bits per heavy atom. The number of aromatic nitrogens is 4. The highest BCUT2D eigenvalue weighted by atomic mass is 32.1. The van der Waals surface area contributed by atoms with Crippen LogP contribution in [0.2, 0.25) is 0 Å². The molecule has 7 heteroatoms. The lowest BCUT2D eigenvalue weighted by molar-refractivity contribution is 0.175. The highest BCUT2D eigenvalue weighted by molar-refractivity contribution is 7.16. The van der Waals surface area contributed by atoms with Crippen molar-refractivity contribution in [2.24, 2.45) is 0 Å². The first-order chi connectivity index (χ1) is 10.3. The van der Waals surface area contributed by atoms with Crippen molar-refractivity contribution in [2.75, 3.05) is 7.11 Å². The Hall–Kier alpha value is -1.99. The number of hydrogen-bond acceptors (Lipinski definition) is 6. The van der Waals surface area contributed by atoms with E-state index in [1.54, 1.807) is 11.6 Å². The maximum Gasteiger partial charge on any atom is 0.234 e. The Morgan fingerprint density at radius 2 is 2.05 bits per heavy atom. The normalized spacial score (nSPS) is 12.7. The summed E-state index contributed by atoms with van der Waals surface area (Å²) >= 11 is 1.49. The molecule has 3 aromatic rings. The predicted molar refractivity (Wildman–Crippen MR) is 79.5 cm³/mol. The molecule has 0 saturated carbocycles. The predicted octanol–water partition coefficient (Wildman–Crippen LogP) is 2.86. The van der Waals surface area contributed by atoms with Gasteiger partial charge in [-0.15, -0.1) is 10.2 Å². The van der Waals surface area contributed by atoms with Crippen molar-refractivity contribution in [3.8, 4) is 5.75 Å². The van der Waals surface area contributed by atoms with Gasteiger partial charge in [-0.25, -0.2) is 0 Å². The number of para-hydroxylation sites is 1. The van der Waals surface area contributed by atoms with Crippen LogP contribution in [0.15, 0.2) is 30.3 Å². The zero-order valence-electron chi connectivity index (χ0n) is 11.9. The first kappa shape index (κ1) is 14.0. The third-order valence-electron chi connectivity index (χ3n) is 3.01. The van der Waals surface area contributed by atoms with Crippen molar-refractivity contribution in [3.05, 3.63) is 41.2 Å². The molecule has 0 radical (unpaired) electrons. The lowest BCUT2D eigenvalue weighted by atomic mass is 10.3. The topological polar surface area (TPSA) is 61.5 Å². The van der Waals surface area contributed by atoms with Gasteiger partial charge >= 0.3 is 0 Å². The molecule has 6 nitrogen and oxygen atoms in total. The Morgan fingerprint density at radius 3 is 2.76 bits per heavy atom. The Balaban J connectivity index is 1.86. The van der Waals surface area contributed by atoms with E-state index in [0.29, 0.717) is 12.4 Å². The summed E-state index contributed by atoms with van der Waals surface area (Å²) in [5, 5.41) is 13.6. The molecule has 0 bridgehead atoms. The van der Waals surface area contributed by atoms with E-state index in [1.807, 2.05) is 30.3 Å². The zero-order valence-corrected chi connectivity index (χ0v) is 12.7. The van der Waals surface area contributed by atoms with Gasteiger partial charge in [0.1, 0.15) is 12.4 Å². The van der Waals surface area contributed by atoms with Gasteiger partial charge in [-0.1, -0.05) is 36.5 Å². The monoisotopic (exact) mass is 304 g/mol. The van der Waals surface area contributed by atoms with Gasteiger partial charge < -0.3 is 9.47 Å². The van der Waals surface area contributed by atoms with Crippen LogP contribution in [0, 0.1) is 0 Å². The fourth-order valence-electron chi connectivity index (χ4n) is 1.99. The molecule has 110 valence electrons. The first-order valence-electron chi connectivity index (χ1n) is 6.73. The smallest absolute Gasteiger partial charge is 0.234 e. The van der Waals surface area contributed by atoms with Crippen molar-refractivity contribution in [1.29, 1.82) is 0 Å². The summed E-state index contributed by atoms with van der Waals surface area (Å²) in [7, 11) is 1.63. The fraction of sp³-hybridized carbons (Fsp3) is 0.357. The average molecular weight is 304 g/mol. The number of hydrogen-bond donors (Lipinski definition) is 0. The van der Waals surface area contributed by atoms with Gasteiger partial charge in [0.05, 0.1) is 0 Å². The number of methoxy groups -OCH3 is 1. The van der Waals surface area contributed by atoms with Crippen LogP contribution in [0.3, 0.4) is 0 Å². The fourth-order valence-corrected chi connectivity index (χ4v) is 2.96. The Kier molecular flexibility index (Phi) is 4.12. The van der Waals surface area contributed by atoms with Crippen LogP contribution in [0.5, 0.6) is 5.75 Å². The Labute approximate surface area is 126 Å². The van der Waals surface area contributed by atoms with Crippen molar-refractivity contribution < 1.29 is 9.47 Å². The summed E-state index contributed by atoms with van der Waals surface area (Å²) in [6, 6.07) is 9.77.